The fraction of sp³-hybridized carbons (Fsp3) is 0. The summed E-state index contributed by atoms with van der Waals surface area (Å²) in [6, 6.07) is 16.5. The van der Waals surface area contributed by atoms with Gasteiger partial charge < -0.3 is 5.11 Å². The first kappa shape index (κ1) is 10.5. The third-order valence-corrected chi connectivity index (χ3v) is 2.62. The molecule has 0 aliphatic carbocycles. The number of hydrogen-bond donors (Lipinski definition) is 1. The van der Waals surface area contributed by atoms with Gasteiger partial charge in [0.1, 0.15) is 5.75 Å². The van der Waals surface area contributed by atoms with Gasteiger partial charge in [0.2, 0.25) is 0 Å². The summed E-state index contributed by atoms with van der Waals surface area (Å²) >= 11 is 0. The summed E-state index contributed by atoms with van der Waals surface area (Å²) in [6.45, 7) is 0. The first-order valence-corrected chi connectivity index (χ1v) is 5.48. The molecule has 0 radical (unpaired) electrons. The molecule has 0 atom stereocenters. The molecule has 0 spiro atoms. The fourth-order valence-corrected chi connectivity index (χ4v) is 1.76. The van der Waals surface area contributed by atoms with E-state index in [1.165, 1.54) is 0 Å². The summed E-state index contributed by atoms with van der Waals surface area (Å²) in [5, 5.41) is 21.4. The van der Waals surface area contributed by atoms with E-state index in [-0.39, 0.29) is 5.75 Å². The van der Waals surface area contributed by atoms with E-state index < -0.39 is 0 Å². The van der Waals surface area contributed by atoms with Crippen LogP contribution in [0.2, 0.25) is 0 Å². The number of tetrazole rings is 1. The first-order valence-electron chi connectivity index (χ1n) is 5.48. The van der Waals surface area contributed by atoms with Crippen molar-refractivity contribution in [2.75, 3.05) is 0 Å². The van der Waals surface area contributed by atoms with Gasteiger partial charge >= 0.3 is 0 Å². The van der Waals surface area contributed by atoms with Crippen LogP contribution >= 0.6 is 0 Å². The van der Waals surface area contributed by atoms with Gasteiger partial charge in [-0.1, -0.05) is 30.3 Å². The minimum Gasteiger partial charge on any atom is -0.507 e. The molecule has 18 heavy (non-hydrogen) atoms. The second-order valence-corrected chi connectivity index (χ2v) is 3.77. The molecule has 0 saturated carbocycles. The zero-order valence-corrected chi connectivity index (χ0v) is 9.43. The van der Waals surface area contributed by atoms with Crippen LogP contribution in [0.15, 0.2) is 54.6 Å². The van der Waals surface area contributed by atoms with Crippen LogP contribution < -0.4 is 0 Å². The maximum atomic E-state index is 9.84. The van der Waals surface area contributed by atoms with Crippen LogP contribution in [0.1, 0.15) is 0 Å². The molecule has 5 nitrogen and oxygen atoms in total. The van der Waals surface area contributed by atoms with Crippen LogP contribution in [0.3, 0.4) is 0 Å². The monoisotopic (exact) mass is 238 g/mol. The van der Waals surface area contributed by atoms with E-state index in [4.69, 9.17) is 0 Å². The van der Waals surface area contributed by atoms with Crippen LogP contribution in [0.5, 0.6) is 5.75 Å². The average Bonchev–Trinajstić information content (AvgIpc) is 2.89. The number of phenols is 1. The van der Waals surface area contributed by atoms with Gasteiger partial charge in [0.15, 0.2) is 5.82 Å². The van der Waals surface area contributed by atoms with Crippen molar-refractivity contribution in [2.24, 2.45) is 0 Å². The second kappa shape index (κ2) is 4.29. The van der Waals surface area contributed by atoms with Gasteiger partial charge in [-0.3, -0.25) is 0 Å². The molecule has 3 aromatic rings. The van der Waals surface area contributed by atoms with E-state index in [1.54, 1.807) is 22.9 Å². The zero-order chi connectivity index (χ0) is 12.4. The third-order valence-electron chi connectivity index (χ3n) is 2.62. The van der Waals surface area contributed by atoms with Crippen LogP contribution in [0, 0.1) is 0 Å². The van der Waals surface area contributed by atoms with Gasteiger partial charge in [-0.05, 0) is 34.7 Å². The summed E-state index contributed by atoms with van der Waals surface area (Å²) in [5.41, 5.74) is 1.45. The van der Waals surface area contributed by atoms with Crippen LogP contribution in [0.25, 0.3) is 17.1 Å². The molecule has 1 aromatic heterocycles. The number of para-hydroxylation sites is 2. The van der Waals surface area contributed by atoms with Gasteiger partial charge in [-0.2, -0.15) is 4.68 Å². The van der Waals surface area contributed by atoms with Crippen molar-refractivity contribution in [3.63, 3.8) is 0 Å². The summed E-state index contributed by atoms with van der Waals surface area (Å²) in [6.07, 6.45) is 0. The predicted molar refractivity (Wildman–Crippen MR) is 66.3 cm³/mol. The van der Waals surface area contributed by atoms with Crippen molar-refractivity contribution < 1.29 is 5.11 Å². The summed E-state index contributed by atoms with van der Waals surface area (Å²) < 4.78 is 1.59. The molecule has 0 aliphatic rings. The summed E-state index contributed by atoms with van der Waals surface area (Å²) in [5.74, 6) is 0.670. The van der Waals surface area contributed by atoms with E-state index >= 15 is 0 Å². The molecule has 0 saturated heterocycles. The number of nitrogens with zero attached hydrogens (tertiary/aromatic N) is 4. The lowest BCUT2D eigenvalue weighted by atomic mass is 10.2. The Morgan fingerprint density at radius 3 is 2.39 bits per heavy atom. The van der Waals surface area contributed by atoms with Crippen molar-refractivity contribution >= 4 is 0 Å². The van der Waals surface area contributed by atoms with Gasteiger partial charge in [0.25, 0.3) is 0 Å². The number of aromatic nitrogens is 4. The zero-order valence-electron chi connectivity index (χ0n) is 9.43. The van der Waals surface area contributed by atoms with Crippen molar-refractivity contribution in [1.82, 2.24) is 20.2 Å². The van der Waals surface area contributed by atoms with Gasteiger partial charge in [0.05, 0.1) is 11.3 Å². The van der Waals surface area contributed by atoms with Crippen molar-refractivity contribution in [2.45, 2.75) is 0 Å². The van der Waals surface area contributed by atoms with E-state index in [0.717, 1.165) is 5.69 Å². The number of benzene rings is 2. The van der Waals surface area contributed by atoms with Crippen LogP contribution in [-0.2, 0) is 0 Å². The minimum absolute atomic E-state index is 0.157. The molecule has 1 N–H and O–H groups in total. The Balaban J connectivity index is 2.16. The standard InChI is InChI=1S/C13H10N4O/c18-12-9-5-4-8-11(12)13-14-15-16-17(13)10-6-2-1-3-7-10/h1-9,18H. The third kappa shape index (κ3) is 1.71. The SMILES string of the molecule is Oc1ccccc1-c1nnnn1-c1ccccc1. The molecule has 2 aromatic carbocycles. The van der Waals surface area contributed by atoms with Crippen LogP contribution in [-0.4, -0.2) is 25.3 Å². The Labute approximate surface area is 103 Å². The van der Waals surface area contributed by atoms with E-state index in [9.17, 15) is 5.11 Å². The Hall–Kier alpha value is -2.69. The Bertz CT molecular complexity index is 664. The maximum Gasteiger partial charge on any atom is 0.190 e. The second-order valence-electron chi connectivity index (χ2n) is 3.77. The topological polar surface area (TPSA) is 63.8 Å². The predicted octanol–water partition coefficient (Wildman–Crippen LogP) is 2.03. The highest BCUT2D eigenvalue weighted by Crippen LogP contribution is 2.27. The number of phenolic OH excluding ortho intramolecular Hbond substituents is 1. The van der Waals surface area contributed by atoms with Crippen LogP contribution in [0.4, 0.5) is 0 Å². The highest BCUT2D eigenvalue weighted by molar-refractivity contribution is 5.64. The van der Waals surface area contributed by atoms with Gasteiger partial charge in [-0.25, -0.2) is 0 Å². The molecule has 0 amide bonds. The highest BCUT2D eigenvalue weighted by Gasteiger charge is 2.13. The first-order chi connectivity index (χ1) is 8.86. The van der Waals surface area contributed by atoms with Gasteiger partial charge in [-0.15, -0.1) is 5.10 Å². The number of aromatic hydroxyl groups is 1. The molecular formula is C13H10N4O. The lowest BCUT2D eigenvalue weighted by molar-refractivity contribution is 0.476. The van der Waals surface area contributed by atoms with Gasteiger partial charge in [0, 0.05) is 0 Å². The Kier molecular flexibility index (Phi) is 2.49. The molecule has 88 valence electrons. The Morgan fingerprint density at radius 1 is 0.889 bits per heavy atom. The minimum atomic E-state index is 0.157. The molecule has 5 heteroatoms. The van der Waals surface area contributed by atoms with Crippen molar-refractivity contribution in [1.29, 1.82) is 0 Å². The molecule has 3 rings (SSSR count). The molecule has 0 bridgehead atoms. The summed E-state index contributed by atoms with van der Waals surface area (Å²) in [7, 11) is 0. The highest BCUT2D eigenvalue weighted by atomic mass is 16.3. The molecule has 1 heterocycles. The van der Waals surface area contributed by atoms with E-state index in [0.29, 0.717) is 11.4 Å². The average molecular weight is 238 g/mol. The maximum absolute atomic E-state index is 9.84. The molecular weight excluding hydrogens is 228 g/mol. The normalized spacial score (nSPS) is 10.4. The molecule has 0 unspecified atom stereocenters. The summed E-state index contributed by atoms with van der Waals surface area (Å²) in [4.78, 5) is 0. The largest absolute Gasteiger partial charge is 0.507 e. The lowest BCUT2D eigenvalue weighted by Crippen LogP contribution is -1.99. The number of rotatable bonds is 2. The number of hydrogen-bond acceptors (Lipinski definition) is 4. The van der Waals surface area contributed by atoms with Crippen molar-refractivity contribution in [3.8, 4) is 22.8 Å². The fourth-order valence-electron chi connectivity index (χ4n) is 1.76. The molecule has 0 aliphatic heterocycles. The quantitative estimate of drug-likeness (QED) is 0.742. The van der Waals surface area contributed by atoms with E-state index in [2.05, 4.69) is 15.5 Å². The molecule has 0 fully saturated rings. The smallest absolute Gasteiger partial charge is 0.190 e. The van der Waals surface area contributed by atoms with E-state index in [1.807, 2.05) is 36.4 Å². The lowest BCUT2D eigenvalue weighted by Gasteiger charge is -2.05. The van der Waals surface area contributed by atoms with Crippen molar-refractivity contribution in [3.05, 3.63) is 54.6 Å². The Morgan fingerprint density at radius 2 is 1.61 bits per heavy atom.